The van der Waals surface area contributed by atoms with E-state index >= 15 is 0 Å². The van der Waals surface area contributed by atoms with Crippen LogP contribution < -0.4 is 0 Å². The number of sulfone groups is 1. The van der Waals surface area contributed by atoms with Gasteiger partial charge in [-0.05, 0) is 52.6 Å². The van der Waals surface area contributed by atoms with Crippen molar-refractivity contribution in [1.82, 2.24) is 9.97 Å². The number of fused-ring (bicyclic) bond motifs is 1. The molecule has 0 atom stereocenters. The number of nitrogens with zero attached hydrogens (tertiary/aromatic N) is 1. The number of imidazole rings is 1. The third-order valence-corrected chi connectivity index (χ3v) is 6.43. The normalized spacial score (nSPS) is 12.6. The molecule has 32 heavy (non-hydrogen) atoms. The van der Waals surface area contributed by atoms with Gasteiger partial charge in [0, 0.05) is 0 Å². The minimum absolute atomic E-state index is 0.0752. The smallest absolute Gasteiger partial charge is 0.392 e. The van der Waals surface area contributed by atoms with Crippen LogP contribution in [-0.4, -0.2) is 29.0 Å². The van der Waals surface area contributed by atoms with Crippen LogP contribution in [0.1, 0.15) is 17.0 Å². The SMILES string of the molecule is O=S(=O)(c1ccc(/C=C/c2nc3ccc(-c4ccccc4CO)cc3[nH]2)cc1)C(F)(F)F. The van der Waals surface area contributed by atoms with Crippen LogP contribution in [0.25, 0.3) is 34.3 Å². The highest BCUT2D eigenvalue weighted by atomic mass is 32.2. The Hall–Kier alpha value is -3.43. The third-order valence-electron chi connectivity index (χ3n) is 4.93. The summed E-state index contributed by atoms with van der Waals surface area (Å²) in [6.07, 6.45) is 3.26. The molecule has 4 aromatic rings. The van der Waals surface area contributed by atoms with Gasteiger partial charge < -0.3 is 10.1 Å². The second-order valence-corrected chi connectivity index (χ2v) is 8.96. The van der Waals surface area contributed by atoms with E-state index < -0.39 is 20.2 Å². The van der Waals surface area contributed by atoms with Crippen molar-refractivity contribution >= 4 is 33.0 Å². The van der Waals surface area contributed by atoms with E-state index in [-0.39, 0.29) is 6.61 Å². The van der Waals surface area contributed by atoms with Crippen molar-refractivity contribution in [1.29, 1.82) is 0 Å². The summed E-state index contributed by atoms with van der Waals surface area (Å²) in [4.78, 5) is 6.82. The molecule has 0 fully saturated rings. The maximum absolute atomic E-state index is 12.6. The lowest BCUT2D eigenvalue weighted by atomic mass is 10.00. The number of aliphatic hydroxyl groups excluding tert-OH is 1. The van der Waals surface area contributed by atoms with Crippen LogP contribution in [0.5, 0.6) is 0 Å². The fraction of sp³-hybridized carbons (Fsp3) is 0.0870. The number of aromatic nitrogens is 2. The average Bonchev–Trinajstić information content (AvgIpc) is 3.19. The second kappa shape index (κ2) is 8.25. The van der Waals surface area contributed by atoms with Gasteiger partial charge in [-0.3, -0.25) is 0 Å². The second-order valence-electron chi connectivity index (χ2n) is 7.02. The minimum atomic E-state index is -5.37. The molecule has 0 aliphatic carbocycles. The molecule has 5 nitrogen and oxygen atoms in total. The zero-order valence-corrected chi connectivity index (χ0v) is 17.3. The molecule has 0 aliphatic heterocycles. The summed E-state index contributed by atoms with van der Waals surface area (Å²) in [5.74, 6) is 0.527. The summed E-state index contributed by atoms with van der Waals surface area (Å²) in [6, 6.07) is 17.6. The van der Waals surface area contributed by atoms with Gasteiger partial charge in [0.2, 0.25) is 0 Å². The number of hydrogen-bond acceptors (Lipinski definition) is 4. The first-order chi connectivity index (χ1) is 15.2. The monoisotopic (exact) mass is 458 g/mol. The van der Waals surface area contributed by atoms with Gasteiger partial charge in [-0.25, -0.2) is 13.4 Å². The molecule has 0 unspecified atom stereocenters. The molecule has 0 aliphatic rings. The molecule has 9 heteroatoms. The lowest BCUT2D eigenvalue weighted by Crippen LogP contribution is -2.23. The van der Waals surface area contributed by atoms with Crippen molar-refractivity contribution in [3.05, 3.63) is 83.7 Å². The van der Waals surface area contributed by atoms with Crippen molar-refractivity contribution in [3.8, 4) is 11.1 Å². The van der Waals surface area contributed by atoms with Crippen molar-refractivity contribution in [2.45, 2.75) is 17.0 Å². The molecule has 2 N–H and O–H groups in total. The Balaban J connectivity index is 1.58. The third kappa shape index (κ3) is 4.17. The van der Waals surface area contributed by atoms with Gasteiger partial charge in [0.15, 0.2) is 0 Å². The van der Waals surface area contributed by atoms with Gasteiger partial charge in [-0.1, -0.05) is 48.5 Å². The number of benzene rings is 3. The molecule has 164 valence electrons. The number of hydrogen-bond donors (Lipinski definition) is 2. The van der Waals surface area contributed by atoms with Crippen molar-refractivity contribution in [2.75, 3.05) is 0 Å². The lowest BCUT2D eigenvalue weighted by Gasteiger charge is -2.07. The van der Waals surface area contributed by atoms with Crippen LogP contribution in [0.4, 0.5) is 13.2 Å². The van der Waals surface area contributed by atoms with E-state index in [0.717, 1.165) is 39.9 Å². The molecule has 1 heterocycles. The molecule has 0 saturated carbocycles. The quantitative estimate of drug-likeness (QED) is 0.431. The van der Waals surface area contributed by atoms with Gasteiger partial charge in [-0.2, -0.15) is 13.2 Å². The van der Waals surface area contributed by atoms with Crippen LogP contribution in [0.15, 0.2) is 71.6 Å². The average molecular weight is 458 g/mol. The number of H-pyrrole nitrogens is 1. The Labute approximate surface area is 181 Å². The zero-order valence-electron chi connectivity index (χ0n) is 16.5. The minimum Gasteiger partial charge on any atom is -0.392 e. The summed E-state index contributed by atoms with van der Waals surface area (Å²) >= 11 is 0. The van der Waals surface area contributed by atoms with E-state index in [1.165, 1.54) is 12.1 Å². The van der Waals surface area contributed by atoms with Crippen molar-refractivity contribution in [2.24, 2.45) is 0 Å². The fourth-order valence-corrected chi connectivity index (χ4v) is 4.04. The summed E-state index contributed by atoms with van der Waals surface area (Å²) in [5, 5.41) is 9.56. The topological polar surface area (TPSA) is 83.1 Å². The highest BCUT2D eigenvalue weighted by Crippen LogP contribution is 2.30. The van der Waals surface area contributed by atoms with Gasteiger partial charge in [0.05, 0.1) is 22.5 Å². The first kappa shape index (κ1) is 21.8. The van der Waals surface area contributed by atoms with Crippen molar-refractivity contribution in [3.63, 3.8) is 0 Å². The van der Waals surface area contributed by atoms with E-state index in [9.17, 15) is 26.7 Å². The van der Waals surface area contributed by atoms with Gasteiger partial charge in [0.25, 0.3) is 9.84 Å². The number of aromatic amines is 1. The fourth-order valence-electron chi connectivity index (χ4n) is 3.28. The number of halogens is 3. The molecule has 0 radical (unpaired) electrons. The largest absolute Gasteiger partial charge is 0.501 e. The van der Waals surface area contributed by atoms with Gasteiger partial charge >= 0.3 is 5.51 Å². The molecular weight excluding hydrogens is 441 g/mol. The summed E-state index contributed by atoms with van der Waals surface area (Å²) in [6.45, 7) is -0.0752. The van der Waals surface area contributed by atoms with E-state index in [1.54, 1.807) is 12.2 Å². The highest BCUT2D eigenvalue weighted by Gasteiger charge is 2.46. The van der Waals surface area contributed by atoms with E-state index in [4.69, 9.17) is 0 Å². The summed E-state index contributed by atoms with van der Waals surface area (Å²) in [7, 11) is -5.37. The Morgan fingerprint density at radius 2 is 1.69 bits per heavy atom. The van der Waals surface area contributed by atoms with Crippen LogP contribution >= 0.6 is 0 Å². The Morgan fingerprint density at radius 3 is 2.38 bits per heavy atom. The molecule has 4 rings (SSSR count). The maximum Gasteiger partial charge on any atom is 0.501 e. The Bertz CT molecular complexity index is 1410. The van der Waals surface area contributed by atoms with Crippen LogP contribution in [0, 0.1) is 0 Å². The predicted molar refractivity (Wildman–Crippen MR) is 116 cm³/mol. The first-order valence-corrected chi connectivity index (χ1v) is 11.0. The molecule has 0 bridgehead atoms. The van der Waals surface area contributed by atoms with Crippen LogP contribution in [0.2, 0.25) is 0 Å². The Morgan fingerprint density at radius 1 is 0.969 bits per heavy atom. The van der Waals surface area contributed by atoms with Crippen LogP contribution in [-0.2, 0) is 16.4 Å². The maximum atomic E-state index is 12.6. The number of aliphatic hydroxyl groups is 1. The predicted octanol–water partition coefficient (Wildman–Crippen LogP) is 5.19. The molecule has 1 aromatic heterocycles. The summed E-state index contributed by atoms with van der Waals surface area (Å²) in [5.41, 5.74) is -0.676. The number of rotatable bonds is 5. The molecule has 0 amide bonds. The number of nitrogens with one attached hydrogen (secondary N) is 1. The van der Waals surface area contributed by atoms with E-state index in [0.29, 0.717) is 11.4 Å². The van der Waals surface area contributed by atoms with E-state index in [1.807, 2.05) is 42.5 Å². The number of alkyl halides is 3. The van der Waals surface area contributed by atoms with Crippen molar-refractivity contribution < 1.29 is 26.7 Å². The van der Waals surface area contributed by atoms with Crippen LogP contribution in [0.3, 0.4) is 0 Å². The highest BCUT2D eigenvalue weighted by molar-refractivity contribution is 7.92. The summed E-state index contributed by atoms with van der Waals surface area (Å²) < 4.78 is 60.8. The van der Waals surface area contributed by atoms with Gasteiger partial charge in [0.1, 0.15) is 5.82 Å². The van der Waals surface area contributed by atoms with Gasteiger partial charge in [-0.15, -0.1) is 0 Å². The molecule has 0 saturated heterocycles. The zero-order chi connectivity index (χ0) is 22.9. The first-order valence-electron chi connectivity index (χ1n) is 9.47. The molecule has 3 aromatic carbocycles. The lowest BCUT2D eigenvalue weighted by molar-refractivity contribution is -0.0436. The standard InChI is InChI=1S/C23H17F3N2O3S/c24-23(25,26)32(30,31)18-9-5-15(6-10-18)7-12-22-27-20-11-8-16(13-21(20)28-22)19-4-2-1-3-17(19)14-29/h1-13,29H,14H2,(H,27,28)/b12-7+. The van der Waals surface area contributed by atoms with E-state index in [2.05, 4.69) is 9.97 Å². The Kier molecular flexibility index (Phi) is 5.62. The molecule has 0 spiro atoms. The molecular formula is C23H17F3N2O3S.